The molecule has 0 radical (unpaired) electrons. The number of rotatable bonds is 5. The summed E-state index contributed by atoms with van der Waals surface area (Å²) in [5, 5.41) is 6.08. The van der Waals surface area contributed by atoms with E-state index in [4.69, 9.17) is 0 Å². The maximum atomic E-state index is 13.0. The average Bonchev–Trinajstić information content (AvgIpc) is 3.11. The van der Waals surface area contributed by atoms with Crippen molar-refractivity contribution < 1.29 is 27.1 Å². The van der Waals surface area contributed by atoms with Crippen LogP contribution in [0, 0.1) is 11.7 Å². The summed E-state index contributed by atoms with van der Waals surface area (Å²) in [7, 11) is 0. The molecule has 1 aliphatic rings. The Bertz CT molecular complexity index is 806. The number of amides is 1. The second-order valence-electron chi connectivity index (χ2n) is 6.77. The third-order valence-corrected chi connectivity index (χ3v) is 4.82. The molecule has 0 aliphatic carbocycles. The van der Waals surface area contributed by atoms with Crippen LogP contribution < -0.4 is 15.4 Å². The van der Waals surface area contributed by atoms with Crippen LogP contribution in [0.15, 0.2) is 48.5 Å². The van der Waals surface area contributed by atoms with Gasteiger partial charge in [0, 0.05) is 19.0 Å². The smallest absolute Gasteiger partial charge is 0.406 e. The van der Waals surface area contributed by atoms with Gasteiger partial charge in [0.2, 0.25) is 5.91 Å². The largest absolute Gasteiger partial charge is 0.573 e. The fraction of sp³-hybridized carbons (Fsp3) is 0.350. The van der Waals surface area contributed by atoms with Crippen LogP contribution in [0.25, 0.3) is 0 Å². The lowest BCUT2D eigenvalue weighted by molar-refractivity contribution is -0.274. The van der Waals surface area contributed by atoms with Crippen molar-refractivity contribution >= 4 is 5.91 Å². The van der Waals surface area contributed by atoms with Crippen molar-refractivity contribution in [2.45, 2.75) is 25.2 Å². The molecular weight excluding hydrogens is 376 g/mol. The number of carbonyl (C=O) groups excluding carboxylic acids is 1. The standard InChI is InChI=1S/C20H20F4N2O2/c1-12(13-2-6-15(21)7-3-13)26-19(27)18-11-25-10-17(18)14-4-8-16(9-5-14)28-20(22,23)24/h2-9,12,17-18,25H,10-11H2,1H3,(H,26,27). The molecule has 1 aliphatic heterocycles. The molecule has 0 spiro atoms. The molecule has 28 heavy (non-hydrogen) atoms. The van der Waals surface area contributed by atoms with E-state index in [1.807, 2.05) is 6.92 Å². The molecule has 4 nitrogen and oxygen atoms in total. The molecule has 2 aromatic rings. The zero-order valence-corrected chi connectivity index (χ0v) is 15.1. The maximum absolute atomic E-state index is 13.0. The number of hydrogen-bond donors (Lipinski definition) is 2. The van der Waals surface area contributed by atoms with Gasteiger partial charge >= 0.3 is 6.36 Å². The van der Waals surface area contributed by atoms with E-state index < -0.39 is 6.36 Å². The van der Waals surface area contributed by atoms with Gasteiger partial charge in [0.25, 0.3) is 0 Å². The van der Waals surface area contributed by atoms with E-state index in [1.54, 1.807) is 24.3 Å². The lowest BCUT2D eigenvalue weighted by atomic mass is 9.88. The first-order valence-corrected chi connectivity index (χ1v) is 8.85. The first kappa shape index (κ1) is 20.1. The van der Waals surface area contributed by atoms with E-state index in [1.165, 1.54) is 24.3 Å². The van der Waals surface area contributed by atoms with E-state index in [9.17, 15) is 22.4 Å². The van der Waals surface area contributed by atoms with Crippen molar-refractivity contribution in [1.82, 2.24) is 10.6 Å². The number of hydrogen-bond acceptors (Lipinski definition) is 3. The van der Waals surface area contributed by atoms with Crippen LogP contribution in [0.1, 0.15) is 30.0 Å². The lowest BCUT2D eigenvalue weighted by Crippen LogP contribution is -2.36. The van der Waals surface area contributed by atoms with Gasteiger partial charge in [-0.2, -0.15) is 0 Å². The third kappa shape index (κ3) is 5.01. The number of carbonyl (C=O) groups is 1. The highest BCUT2D eigenvalue weighted by Crippen LogP contribution is 2.31. The molecule has 0 aromatic heterocycles. The second kappa shape index (κ2) is 8.18. The third-order valence-electron chi connectivity index (χ3n) is 4.82. The molecule has 3 atom stereocenters. The molecular formula is C20H20F4N2O2. The Labute approximate surface area is 159 Å². The predicted octanol–water partition coefficient (Wildman–Crippen LogP) is 3.90. The topological polar surface area (TPSA) is 50.4 Å². The van der Waals surface area contributed by atoms with Gasteiger partial charge in [-0.25, -0.2) is 4.39 Å². The van der Waals surface area contributed by atoms with E-state index in [0.29, 0.717) is 13.1 Å². The summed E-state index contributed by atoms with van der Waals surface area (Å²) >= 11 is 0. The molecule has 2 N–H and O–H groups in total. The molecule has 3 rings (SSSR count). The highest BCUT2D eigenvalue weighted by molar-refractivity contribution is 5.81. The summed E-state index contributed by atoms with van der Waals surface area (Å²) in [5.41, 5.74) is 1.54. The van der Waals surface area contributed by atoms with Crippen LogP contribution in [0.2, 0.25) is 0 Å². The molecule has 0 saturated carbocycles. The Hall–Kier alpha value is -2.61. The van der Waals surface area contributed by atoms with Crippen LogP contribution in [0.4, 0.5) is 17.6 Å². The zero-order valence-electron chi connectivity index (χ0n) is 15.1. The number of nitrogens with one attached hydrogen (secondary N) is 2. The average molecular weight is 396 g/mol. The van der Waals surface area contributed by atoms with E-state index >= 15 is 0 Å². The van der Waals surface area contributed by atoms with Crippen LogP contribution in [0.3, 0.4) is 0 Å². The Balaban J connectivity index is 1.66. The van der Waals surface area contributed by atoms with Crippen molar-refractivity contribution in [3.8, 4) is 5.75 Å². The summed E-state index contributed by atoms with van der Waals surface area (Å²) < 4.78 is 53.8. The predicted molar refractivity (Wildman–Crippen MR) is 95.2 cm³/mol. The molecule has 1 saturated heterocycles. The van der Waals surface area contributed by atoms with E-state index in [-0.39, 0.29) is 35.4 Å². The van der Waals surface area contributed by atoms with Crippen molar-refractivity contribution in [1.29, 1.82) is 0 Å². The first-order chi connectivity index (χ1) is 13.2. The SMILES string of the molecule is CC(NC(=O)C1CNCC1c1ccc(OC(F)(F)F)cc1)c1ccc(F)cc1. The van der Waals surface area contributed by atoms with E-state index in [2.05, 4.69) is 15.4 Å². The fourth-order valence-corrected chi connectivity index (χ4v) is 3.38. The molecule has 150 valence electrons. The summed E-state index contributed by atoms with van der Waals surface area (Å²) in [6.45, 7) is 2.82. The molecule has 2 aromatic carbocycles. The van der Waals surface area contributed by atoms with Crippen molar-refractivity contribution in [2.24, 2.45) is 5.92 Å². The number of halogens is 4. The molecule has 1 amide bonds. The monoisotopic (exact) mass is 396 g/mol. The molecule has 3 unspecified atom stereocenters. The highest BCUT2D eigenvalue weighted by atomic mass is 19.4. The number of alkyl halides is 3. The van der Waals surface area contributed by atoms with Crippen LogP contribution >= 0.6 is 0 Å². The number of ether oxygens (including phenoxy) is 1. The van der Waals surface area contributed by atoms with Gasteiger partial charge in [-0.05, 0) is 42.3 Å². The van der Waals surface area contributed by atoms with Gasteiger partial charge in [-0.15, -0.1) is 13.2 Å². The minimum absolute atomic E-state index is 0.164. The van der Waals surface area contributed by atoms with Crippen LogP contribution in [-0.2, 0) is 4.79 Å². The van der Waals surface area contributed by atoms with Gasteiger partial charge in [-0.3, -0.25) is 4.79 Å². The summed E-state index contributed by atoms with van der Waals surface area (Å²) in [5.74, 6) is -1.34. The Morgan fingerprint density at radius 1 is 1.11 bits per heavy atom. The van der Waals surface area contributed by atoms with Gasteiger partial charge in [0.15, 0.2) is 0 Å². The van der Waals surface area contributed by atoms with Crippen molar-refractivity contribution in [3.05, 3.63) is 65.5 Å². The second-order valence-corrected chi connectivity index (χ2v) is 6.77. The Morgan fingerprint density at radius 3 is 2.36 bits per heavy atom. The van der Waals surface area contributed by atoms with Gasteiger partial charge in [0.05, 0.1) is 12.0 Å². The van der Waals surface area contributed by atoms with Gasteiger partial charge in [0.1, 0.15) is 11.6 Å². The lowest BCUT2D eigenvalue weighted by Gasteiger charge is -2.22. The Morgan fingerprint density at radius 2 is 1.75 bits per heavy atom. The van der Waals surface area contributed by atoms with Crippen LogP contribution in [-0.4, -0.2) is 25.4 Å². The van der Waals surface area contributed by atoms with Gasteiger partial charge < -0.3 is 15.4 Å². The molecule has 0 bridgehead atoms. The maximum Gasteiger partial charge on any atom is 0.573 e. The minimum Gasteiger partial charge on any atom is -0.406 e. The quantitative estimate of drug-likeness (QED) is 0.754. The van der Waals surface area contributed by atoms with Crippen molar-refractivity contribution in [3.63, 3.8) is 0 Å². The summed E-state index contributed by atoms with van der Waals surface area (Å²) in [4.78, 5) is 12.7. The molecule has 1 fully saturated rings. The molecule has 1 heterocycles. The first-order valence-electron chi connectivity index (χ1n) is 8.85. The van der Waals surface area contributed by atoms with Crippen LogP contribution in [0.5, 0.6) is 5.75 Å². The van der Waals surface area contributed by atoms with E-state index in [0.717, 1.165) is 11.1 Å². The zero-order chi connectivity index (χ0) is 20.3. The Kier molecular flexibility index (Phi) is 5.88. The fourth-order valence-electron chi connectivity index (χ4n) is 3.38. The number of benzene rings is 2. The van der Waals surface area contributed by atoms with Gasteiger partial charge in [-0.1, -0.05) is 24.3 Å². The summed E-state index contributed by atoms with van der Waals surface area (Å²) in [6.07, 6.45) is -4.74. The highest BCUT2D eigenvalue weighted by Gasteiger charge is 2.35. The molecule has 8 heteroatoms. The minimum atomic E-state index is -4.74. The summed E-state index contributed by atoms with van der Waals surface area (Å²) in [6, 6.07) is 11.2. The van der Waals surface area contributed by atoms with Crippen molar-refractivity contribution in [2.75, 3.05) is 13.1 Å². The normalized spacial score (nSPS) is 20.6.